The first-order valence-electron chi connectivity index (χ1n) is 8.18. The Labute approximate surface area is 147 Å². The van der Waals surface area contributed by atoms with Crippen LogP contribution in [-0.2, 0) is 15.1 Å². The van der Waals surface area contributed by atoms with Gasteiger partial charge in [0.1, 0.15) is 0 Å². The Balaban J connectivity index is 2.22. The molecule has 3 aromatic carbocycles. The average molecular weight is 334 g/mol. The summed E-state index contributed by atoms with van der Waals surface area (Å²) in [4.78, 5) is 11.8. The van der Waals surface area contributed by atoms with Crippen molar-refractivity contribution in [3.8, 4) is 0 Å². The summed E-state index contributed by atoms with van der Waals surface area (Å²) in [5.41, 5.74) is 0.552. The maximum Gasteiger partial charge on any atom is 0.303 e. The Kier molecular flexibility index (Phi) is 4.96. The summed E-state index contributed by atoms with van der Waals surface area (Å²) < 4.78 is 5.62. The highest BCUT2D eigenvalue weighted by atomic mass is 16.8. The number of hydrogen-bond donors (Lipinski definition) is 1. The van der Waals surface area contributed by atoms with Gasteiger partial charge in [-0.05, 0) is 16.7 Å². The van der Waals surface area contributed by atoms with Crippen molar-refractivity contribution in [3.05, 3.63) is 108 Å². The van der Waals surface area contributed by atoms with Crippen LogP contribution in [0.5, 0.6) is 0 Å². The van der Waals surface area contributed by atoms with Gasteiger partial charge in [-0.15, -0.1) is 0 Å². The van der Waals surface area contributed by atoms with Crippen molar-refractivity contribution in [1.82, 2.24) is 0 Å². The monoisotopic (exact) mass is 334 g/mol. The van der Waals surface area contributed by atoms with Crippen LogP contribution in [0.3, 0.4) is 0 Å². The van der Waals surface area contributed by atoms with E-state index in [4.69, 9.17) is 4.74 Å². The summed E-state index contributed by atoms with van der Waals surface area (Å²) in [7, 11) is 0. The standard InChI is InChI=1S/C22H20O3/c1-17(23)25-21(18-11-5-2-6-12-18)22(24,19-13-7-3-8-14-19)20-15-9-4-10-16-20/h2-16,21,24H,1H3/t21-/m0/s1/i17+2. The molecule has 3 aromatic rings. The molecule has 0 spiro atoms. The summed E-state index contributed by atoms with van der Waals surface area (Å²) in [5.74, 6) is -0.445. The number of rotatable bonds is 5. The van der Waals surface area contributed by atoms with Gasteiger partial charge in [-0.3, -0.25) is 4.79 Å². The molecule has 0 aliphatic carbocycles. The van der Waals surface area contributed by atoms with Gasteiger partial charge >= 0.3 is 5.97 Å². The van der Waals surface area contributed by atoms with Crippen molar-refractivity contribution in [2.24, 2.45) is 0 Å². The van der Waals surface area contributed by atoms with E-state index in [1.807, 2.05) is 91.0 Å². The van der Waals surface area contributed by atoms with E-state index >= 15 is 0 Å². The molecule has 0 aliphatic heterocycles. The Morgan fingerprint density at radius 1 is 0.800 bits per heavy atom. The number of carbonyl (C=O) groups is 1. The van der Waals surface area contributed by atoms with Crippen LogP contribution in [0.1, 0.15) is 29.7 Å². The van der Waals surface area contributed by atoms with Gasteiger partial charge in [0.05, 0.1) is 0 Å². The summed E-state index contributed by atoms with van der Waals surface area (Å²) in [6.07, 6.45) is -0.865. The second kappa shape index (κ2) is 7.32. The van der Waals surface area contributed by atoms with E-state index in [9.17, 15) is 9.90 Å². The fourth-order valence-corrected chi connectivity index (χ4v) is 3.04. The maximum absolute atomic E-state index is 11.8. The van der Waals surface area contributed by atoms with E-state index in [-0.39, 0.29) is 0 Å². The molecule has 0 fully saturated rings. The lowest BCUT2D eigenvalue weighted by molar-refractivity contribution is -0.160. The highest BCUT2D eigenvalue weighted by Gasteiger charge is 2.43. The molecular formula is C22H20O3. The van der Waals surface area contributed by atoms with Crippen molar-refractivity contribution >= 4 is 5.97 Å². The first-order chi connectivity index (χ1) is 12.1. The van der Waals surface area contributed by atoms with E-state index in [1.165, 1.54) is 6.92 Å². The first kappa shape index (κ1) is 16.9. The van der Waals surface area contributed by atoms with Crippen LogP contribution >= 0.6 is 0 Å². The number of ether oxygens (including phenoxy) is 1. The van der Waals surface area contributed by atoms with Crippen molar-refractivity contribution in [3.63, 3.8) is 0 Å². The third-order valence-corrected chi connectivity index (χ3v) is 4.19. The molecule has 0 aliphatic rings. The first-order valence-corrected chi connectivity index (χ1v) is 8.18. The van der Waals surface area contributed by atoms with E-state index in [2.05, 4.69) is 0 Å². The van der Waals surface area contributed by atoms with E-state index in [0.717, 1.165) is 5.56 Å². The van der Waals surface area contributed by atoms with Crippen LogP contribution in [0, 0.1) is 0 Å². The molecular weight excluding hydrogens is 314 g/mol. The SMILES string of the molecule is C[14C](=O)O[C@@H](c1ccccc1)C(O)(c1ccccc1)c1ccccc1. The van der Waals surface area contributed by atoms with Crippen molar-refractivity contribution in [2.75, 3.05) is 0 Å². The lowest BCUT2D eigenvalue weighted by Crippen LogP contribution is -2.37. The number of benzene rings is 3. The van der Waals surface area contributed by atoms with Crippen molar-refractivity contribution < 1.29 is 14.6 Å². The summed E-state index contributed by atoms with van der Waals surface area (Å²) >= 11 is 0. The summed E-state index contributed by atoms with van der Waals surface area (Å²) in [6, 6.07) is 27.9. The molecule has 1 atom stereocenters. The van der Waals surface area contributed by atoms with Crippen molar-refractivity contribution in [2.45, 2.75) is 18.6 Å². The lowest BCUT2D eigenvalue weighted by Gasteiger charge is -2.36. The molecule has 0 saturated heterocycles. The molecule has 0 saturated carbocycles. The third-order valence-electron chi connectivity index (χ3n) is 4.19. The highest BCUT2D eigenvalue weighted by Crippen LogP contribution is 2.43. The van der Waals surface area contributed by atoms with Gasteiger partial charge in [0, 0.05) is 6.92 Å². The van der Waals surface area contributed by atoms with Crippen LogP contribution in [-0.4, -0.2) is 11.1 Å². The fourth-order valence-electron chi connectivity index (χ4n) is 3.04. The van der Waals surface area contributed by atoms with Gasteiger partial charge in [-0.25, -0.2) is 0 Å². The molecule has 3 nitrogen and oxygen atoms in total. The fraction of sp³-hybridized carbons (Fsp3) is 0.136. The Bertz CT molecular complexity index is 774. The molecule has 25 heavy (non-hydrogen) atoms. The van der Waals surface area contributed by atoms with Gasteiger partial charge in [0.15, 0.2) is 11.7 Å². The average Bonchev–Trinajstić information content (AvgIpc) is 2.67. The zero-order valence-electron chi connectivity index (χ0n) is 14.0. The Hall–Kier alpha value is -2.91. The number of aliphatic hydroxyl groups is 1. The van der Waals surface area contributed by atoms with E-state index in [0.29, 0.717) is 11.1 Å². The number of esters is 1. The number of hydrogen-bond acceptors (Lipinski definition) is 3. The largest absolute Gasteiger partial charge is 0.454 e. The zero-order valence-corrected chi connectivity index (χ0v) is 14.0. The maximum atomic E-state index is 11.8. The molecule has 0 bridgehead atoms. The Morgan fingerprint density at radius 2 is 1.20 bits per heavy atom. The molecule has 0 radical (unpaired) electrons. The highest BCUT2D eigenvalue weighted by molar-refractivity contribution is 5.66. The normalized spacial score (nSPS) is 12.4. The molecule has 3 heteroatoms. The molecule has 0 aromatic heterocycles. The minimum Gasteiger partial charge on any atom is -0.454 e. The Morgan fingerprint density at radius 3 is 1.60 bits per heavy atom. The smallest absolute Gasteiger partial charge is 0.303 e. The second-order valence-electron chi connectivity index (χ2n) is 5.90. The van der Waals surface area contributed by atoms with Gasteiger partial charge in [-0.2, -0.15) is 0 Å². The molecule has 3 rings (SSSR count). The van der Waals surface area contributed by atoms with Crippen LogP contribution < -0.4 is 0 Å². The van der Waals surface area contributed by atoms with Crippen molar-refractivity contribution in [1.29, 1.82) is 0 Å². The second-order valence-corrected chi connectivity index (χ2v) is 5.90. The van der Waals surface area contributed by atoms with Gasteiger partial charge in [0.25, 0.3) is 0 Å². The van der Waals surface area contributed by atoms with Crippen LogP contribution in [0.25, 0.3) is 0 Å². The molecule has 0 unspecified atom stereocenters. The lowest BCUT2D eigenvalue weighted by atomic mass is 9.79. The summed E-state index contributed by atoms with van der Waals surface area (Å²) in [5, 5.41) is 11.8. The molecule has 0 amide bonds. The molecule has 126 valence electrons. The summed E-state index contributed by atoms with van der Waals surface area (Å²) in [6.45, 7) is 1.35. The zero-order chi connectivity index (χ0) is 17.7. The predicted molar refractivity (Wildman–Crippen MR) is 96.8 cm³/mol. The topological polar surface area (TPSA) is 46.5 Å². The van der Waals surface area contributed by atoms with Crippen LogP contribution in [0.15, 0.2) is 91.0 Å². The van der Waals surface area contributed by atoms with Crippen LogP contribution in [0.2, 0.25) is 0 Å². The molecule has 0 heterocycles. The van der Waals surface area contributed by atoms with E-state index in [1.54, 1.807) is 0 Å². The van der Waals surface area contributed by atoms with Crippen LogP contribution in [0.4, 0.5) is 0 Å². The number of carbonyl (C=O) groups excluding carboxylic acids is 1. The van der Waals surface area contributed by atoms with Gasteiger partial charge < -0.3 is 9.84 Å². The minimum atomic E-state index is -1.50. The van der Waals surface area contributed by atoms with Gasteiger partial charge in [0.2, 0.25) is 0 Å². The molecule has 1 N–H and O–H groups in total. The predicted octanol–water partition coefficient (Wildman–Crippen LogP) is 4.23. The third kappa shape index (κ3) is 3.47. The van der Waals surface area contributed by atoms with Gasteiger partial charge in [-0.1, -0.05) is 91.0 Å². The minimum absolute atomic E-state index is 0.445. The quantitative estimate of drug-likeness (QED) is 0.710. The van der Waals surface area contributed by atoms with E-state index < -0.39 is 17.7 Å².